The highest BCUT2D eigenvalue weighted by Crippen LogP contribution is 2.11. The number of pyridine rings is 1. The van der Waals surface area contributed by atoms with Gasteiger partial charge in [0.2, 0.25) is 0 Å². The molecule has 0 spiro atoms. The summed E-state index contributed by atoms with van der Waals surface area (Å²) in [6.07, 6.45) is 3.68. The number of carboxylic acid groups (broad SMARTS) is 1. The summed E-state index contributed by atoms with van der Waals surface area (Å²) in [6, 6.07) is 3.17. The molecule has 1 saturated heterocycles. The van der Waals surface area contributed by atoms with Gasteiger partial charge in [-0.25, -0.2) is 9.78 Å². The fraction of sp³-hybridized carbons (Fsp3) is 0.571. The summed E-state index contributed by atoms with van der Waals surface area (Å²) in [5, 5.41) is 12.2. The van der Waals surface area contributed by atoms with Crippen LogP contribution in [0.2, 0.25) is 0 Å². The van der Waals surface area contributed by atoms with E-state index in [2.05, 4.69) is 15.2 Å². The first-order valence-corrected chi connectivity index (χ1v) is 6.83. The van der Waals surface area contributed by atoms with Gasteiger partial charge in [-0.3, -0.25) is 0 Å². The second kappa shape index (κ2) is 6.52. The summed E-state index contributed by atoms with van der Waals surface area (Å²) in [5.41, 5.74) is 1.01. The van der Waals surface area contributed by atoms with Gasteiger partial charge >= 0.3 is 5.97 Å². The van der Waals surface area contributed by atoms with E-state index in [1.165, 1.54) is 25.9 Å². The van der Waals surface area contributed by atoms with Crippen molar-refractivity contribution in [3.8, 4) is 0 Å². The molecular formula is C14H21N3O2. The maximum Gasteiger partial charge on any atom is 0.335 e. The number of rotatable bonds is 6. The average molecular weight is 263 g/mol. The number of hydrogen-bond acceptors (Lipinski definition) is 4. The summed E-state index contributed by atoms with van der Waals surface area (Å²) in [7, 11) is 0. The molecule has 0 bridgehead atoms. The third-order valence-corrected chi connectivity index (χ3v) is 3.36. The van der Waals surface area contributed by atoms with E-state index in [-0.39, 0.29) is 5.56 Å². The van der Waals surface area contributed by atoms with Crippen molar-refractivity contribution >= 4 is 11.8 Å². The molecule has 0 unspecified atom stereocenters. The fourth-order valence-electron chi connectivity index (χ4n) is 2.41. The van der Waals surface area contributed by atoms with Crippen LogP contribution >= 0.6 is 0 Å². The van der Waals surface area contributed by atoms with Gasteiger partial charge in [-0.15, -0.1) is 0 Å². The number of aromatic carboxylic acids is 1. The van der Waals surface area contributed by atoms with E-state index < -0.39 is 5.97 Å². The monoisotopic (exact) mass is 263 g/mol. The van der Waals surface area contributed by atoms with Crippen molar-refractivity contribution in [3.05, 3.63) is 23.4 Å². The van der Waals surface area contributed by atoms with Crippen LogP contribution in [-0.4, -0.2) is 47.1 Å². The lowest BCUT2D eigenvalue weighted by Gasteiger charge is -2.14. The third kappa shape index (κ3) is 4.21. The molecule has 1 aromatic heterocycles. The first-order chi connectivity index (χ1) is 9.15. The van der Waals surface area contributed by atoms with E-state index in [9.17, 15) is 4.79 Å². The minimum atomic E-state index is -0.911. The van der Waals surface area contributed by atoms with Gasteiger partial charge in [0, 0.05) is 12.2 Å². The molecule has 104 valence electrons. The van der Waals surface area contributed by atoms with Crippen LogP contribution in [0.3, 0.4) is 0 Å². The summed E-state index contributed by atoms with van der Waals surface area (Å²) in [5.74, 6) is -0.260. The van der Waals surface area contributed by atoms with Crippen LogP contribution in [-0.2, 0) is 0 Å². The number of hydrogen-bond donors (Lipinski definition) is 2. The highest BCUT2D eigenvalue weighted by molar-refractivity contribution is 5.88. The Labute approximate surface area is 113 Å². The zero-order valence-corrected chi connectivity index (χ0v) is 11.4. The van der Waals surface area contributed by atoms with Crippen molar-refractivity contribution in [3.63, 3.8) is 0 Å². The van der Waals surface area contributed by atoms with E-state index in [1.807, 2.05) is 6.92 Å². The maximum absolute atomic E-state index is 10.9. The van der Waals surface area contributed by atoms with Crippen molar-refractivity contribution in [1.29, 1.82) is 0 Å². The smallest absolute Gasteiger partial charge is 0.335 e. The summed E-state index contributed by atoms with van der Waals surface area (Å²) < 4.78 is 0. The number of aromatic nitrogens is 1. The van der Waals surface area contributed by atoms with Gasteiger partial charge < -0.3 is 15.3 Å². The molecule has 5 nitrogen and oxygen atoms in total. The van der Waals surface area contributed by atoms with Crippen LogP contribution in [0.1, 0.15) is 35.3 Å². The molecular weight excluding hydrogens is 242 g/mol. The van der Waals surface area contributed by atoms with E-state index >= 15 is 0 Å². The minimum absolute atomic E-state index is 0.287. The van der Waals surface area contributed by atoms with Crippen LogP contribution < -0.4 is 5.32 Å². The fourth-order valence-corrected chi connectivity index (χ4v) is 2.41. The molecule has 1 fully saturated rings. The maximum atomic E-state index is 10.9. The van der Waals surface area contributed by atoms with Gasteiger partial charge in [0.25, 0.3) is 0 Å². The number of aryl methyl sites for hydroxylation is 1. The lowest BCUT2D eigenvalue weighted by molar-refractivity contribution is 0.0696. The molecule has 0 amide bonds. The molecule has 19 heavy (non-hydrogen) atoms. The Kier molecular flexibility index (Phi) is 4.74. The van der Waals surface area contributed by atoms with Gasteiger partial charge in [-0.2, -0.15) is 0 Å². The van der Waals surface area contributed by atoms with Crippen LogP contribution in [0, 0.1) is 6.92 Å². The molecule has 0 saturated carbocycles. The number of carboxylic acids is 1. The van der Waals surface area contributed by atoms with E-state index in [0.29, 0.717) is 5.82 Å². The molecule has 2 N–H and O–H groups in total. The van der Waals surface area contributed by atoms with Crippen LogP contribution in [0.25, 0.3) is 0 Å². The molecule has 1 aromatic rings. The van der Waals surface area contributed by atoms with Crippen molar-refractivity contribution < 1.29 is 9.90 Å². The Morgan fingerprint density at radius 3 is 2.84 bits per heavy atom. The van der Waals surface area contributed by atoms with Gasteiger partial charge in [0.05, 0.1) is 5.56 Å². The average Bonchev–Trinajstić information content (AvgIpc) is 2.87. The lowest BCUT2D eigenvalue weighted by Crippen LogP contribution is -2.22. The molecule has 2 rings (SSSR count). The first kappa shape index (κ1) is 13.8. The van der Waals surface area contributed by atoms with E-state index in [4.69, 9.17) is 5.11 Å². The standard InChI is InChI=1S/C14H21N3O2/c1-11-9-12(14(18)19)10-13(16-11)15-5-4-8-17-6-2-3-7-17/h9-10H,2-8H2,1H3,(H,15,16)(H,18,19). The van der Waals surface area contributed by atoms with Crippen LogP contribution in [0.5, 0.6) is 0 Å². The number of likely N-dealkylation sites (tertiary alicyclic amines) is 1. The third-order valence-electron chi connectivity index (χ3n) is 3.36. The Balaban J connectivity index is 1.80. The Morgan fingerprint density at radius 1 is 1.42 bits per heavy atom. The van der Waals surface area contributed by atoms with Crippen LogP contribution in [0.4, 0.5) is 5.82 Å². The number of anilines is 1. The minimum Gasteiger partial charge on any atom is -0.478 e. The first-order valence-electron chi connectivity index (χ1n) is 6.83. The molecule has 5 heteroatoms. The molecule has 0 atom stereocenters. The van der Waals surface area contributed by atoms with Crippen molar-refractivity contribution in [2.75, 3.05) is 31.5 Å². The molecule has 1 aliphatic rings. The summed E-state index contributed by atoms with van der Waals surface area (Å²) in [4.78, 5) is 17.7. The second-order valence-corrected chi connectivity index (χ2v) is 5.02. The number of nitrogens with one attached hydrogen (secondary N) is 1. The predicted octanol–water partition coefficient (Wildman–Crippen LogP) is 1.99. The van der Waals surface area contributed by atoms with Crippen molar-refractivity contribution in [2.24, 2.45) is 0 Å². The number of nitrogens with zero attached hydrogens (tertiary/aromatic N) is 2. The van der Waals surface area contributed by atoms with Crippen molar-refractivity contribution in [2.45, 2.75) is 26.2 Å². The number of carbonyl (C=O) groups is 1. The normalized spacial score (nSPS) is 15.6. The SMILES string of the molecule is Cc1cc(C(=O)O)cc(NCCCN2CCCC2)n1. The molecule has 0 aromatic carbocycles. The van der Waals surface area contributed by atoms with Crippen molar-refractivity contribution in [1.82, 2.24) is 9.88 Å². The van der Waals surface area contributed by atoms with Crippen LogP contribution in [0.15, 0.2) is 12.1 Å². The van der Waals surface area contributed by atoms with Gasteiger partial charge in [-0.05, 0) is 58.0 Å². The Hall–Kier alpha value is -1.62. The Morgan fingerprint density at radius 2 is 2.16 bits per heavy atom. The van der Waals surface area contributed by atoms with Gasteiger partial charge in [0.15, 0.2) is 0 Å². The largest absolute Gasteiger partial charge is 0.478 e. The topological polar surface area (TPSA) is 65.5 Å². The quantitative estimate of drug-likeness (QED) is 0.768. The predicted molar refractivity (Wildman–Crippen MR) is 74.7 cm³/mol. The zero-order valence-electron chi connectivity index (χ0n) is 11.4. The van der Waals surface area contributed by atoms with Gasteiger partial charge in [0.1, 0.15) is 5.82 Å². The van der Waals surface area contributed by atoms with E-state index in [0.717, 1.165) is 25.2 Å². The molecule has 2 heterocycles. The second-order valence-electron chi connectivity index (χ2n) is 5.02. The molecule has 0 aliphatic carbocycles. The zero-order chi connectivity index (χ0) is 13.7. The summed E-state index contributed by atoms with van der Waals surface area (Å²) in [6.45, 7) is 6.16. The van der Waals surface area contributed by atoms with Gasteiger partial charge in [-0.1, -0.05) is 0 Å². The highest BCUT2D eigenvalue weighted by atomic mass is 16.4. The Bertz CT molecular complexity index is 442. The summed E-state index contributed by atoms with van der Waals surface area (Å²) >= 11 is 0. The highest BCUT2D eigenvalue weighted by Gasteiger charge is 2.10. The lowest BCUT2D eigenvalue weighted by atomic mass is 10.2. The van der Waals surface area contributed by atoms with E-state index in [1.54, 1.807) is 12.1 Å². The molecule has 0 radical (unpaired) electrons. The molecule has 1 aliphatic heterocycles.